The van der Waals surface area contributed by atoms with Gasteiger partial charge in [0.1, 0.15) is 0 Å². The molecule has 1 rings (SSSR count). The summed E-state index contributed by atoms with van der Waals surface area (Å²) in [5.74, 6) is 0.609. The van der Waals surface area contributed by atoms with Crippen LogP contribution in [-0.2, 0) is 11.4 Å². The van der Waals surface area contributed by atoms with Crippen molar-refractivity contribution in [3.05, 3.63) is 35.9 Å². The zero-order chi connectivity index (χ0) is 12.5. The predicted molar refractivity (Wildman–Crippen MR) is 72.5 cm³/mol. The Kier molecular flexibility index (Phi) is 6.90. The van der Waals surface area contributed by atoms with Gasteiger partial charge in [-0.3, -0.25) is 4.84 Å². The minimum absolute atomic E-state index is 0.457. The zero-order valence-electron chi connectivity index (χ0n) is 11.3. The number of hydroxylamine groups is 1. The van der Waals surface area contributed by atoms with Gasteiger partial charge in [0.2, 0.25) is 0 Å². The smallest absolute Gasteiger partial charge is 0.0933 e. The largest absolute Gasteiger partial charge is 0.297 e. The average Bonchev–Trinajstić information content (AvgIpc) is 2.34. The highest BCUT2D eigenvalue weighted by molar-refractivity contribution is 5.13. The van der Waals surface area contributed by atoms with E-state index in [1.807, 2.05) is 18.2 Å². The van der Waals surface area contributed by atoms with Gasteiger partial charge in [-0.2, -0.15) is 5.48 Å². The third-order valence-electron chi connectivity index (χ3n) is 2.99. The molecule has 1 atom stereocenters. The van der Waals surface area contributed by atoms with Gasteiger partial charge in [0, 0.05) is 6.04 Å². The van der Waals surface area contributed by atoms with Crippen LogP contribution in [0.3, 0.4) is 0 Å². The van der Waals surface area contributed by atoms with E-state index in [4.69, 9.17) is 4.84 Å². The molecule has 1 aromatic rings. The summed E-state index contributed by atoms with van der Waals surface area (Å²) in [7, 11) is 0. The van der Waals surface area contributed by atoms with Crippen LogP contribution in [0.1, 0.15) is 45.6 Å². The zero-order valence-corrected chi connectivity index (χ0v) is 11.3. The molecule has 0 fully saturated rings. The molecule has 17 heavy (non-hydrogen) atoms. The van der Waals surface area contributed by atoms with Crippen LogP contribution < -0.4 is 5.48 Å². The molecule has 0 aliphatic heterocycles. The third-order valence-corrected chi connectivity index (χ3v) is 2.99. The molecule has 0 amide bonds. The molecule has 0 radical (unpaired) electrons. The van der Waals surface area contributed by atoms with Crippen molar-refractivity contribution in [1.82, 2.24) is 5.48 Å². The highest BCUT2D eigenvalue weighted by Crippen LogP contribution is 2.10. The lowest BCUT2D eigenvalue weighted by atomic mass is 9.99. The minimum Gasteiger partial charge on any atom is -0.297 e. The fourth-order valence-corrected chi connectivity index (χ4v) is 1.76. The number of nitrogens with one attached hydrogen (secondary N) is 1. The normalized spacial score (nSPS) is 12.9. The number of hydrogen-bond donors (Lipinski definition) is 1. The molecule has 0 heterocycles. The Morgan fingerprint density at radius 1 is 1.18 bits per heavy atom. The molecule has 1 aromatic carbocycles. The second-order valence-electron chi connectivity index (χ2n) is 4.88. The van der Waals surface area contributed by atoms with Crippen molar-refractivity contribution in [3.63, 3.8) is 0 Å². The summed E-state index contributed by atoms with van der Waals surface area (Å²) in [6.07, 6.45) is 3.68. The average molecular weight is 235 g/mol. The molecule has 0 aliphatic carbocycles. The SMILES string of the molecule is CCCCC(NOCc1ccccc1)C(C)C. The van der Waals surface area contributed by atoms with Crippen LogP contribution in [0.2, 0.25) is 0 Å². The van der Waals surface area contributed by atoms with Crippen molar-refractivity contribution in [1.29, 1.82) is 0 Å². The third kappa shape index (κ3) is 5.85. The van der Waals surface area contributed by atoms with Gasteiger partial charge in [-0.25, -0.2) is 0 Å². The van der Waals surface area contributed by atoms with Crippen LogP contribution in [0.15, 0.2) is 30.3 Å². The Bertz CT molecular complexity index is 284. The van der Waals surface area contributed by atoms with Gasteiger partial charge >= 0.3 is 0 Å². The van der Waals surface area contributed by atoms with Gasteiger partial charge in [-0.1, -0.05) is 63.9 Å². The molecule has 0 bridgehead atoms. The molecule has 1 unspecified atom stereocenters. The van der Waals surface area contributed by atoms with Gasteiger partial charge in [0.05, 0.1) is 6.61 Å². The van der Waals surface area contributed by atoms with Crippen LogP contribution >= 0.6 is 0 Å². The van der Waals surface area contributed by atoms with Crippen LogP contribution in [0.4, 0.5) is 0 Å². The van der Waals surface area contributed by atoms with Gasteiger partial charge < -0.3 is 0 Å². The molecule has 2 nitrogen and oxygen atoms in total. The molecule has 0 aliphatic rings. The van der Waals surface area contributed by atoms with Crippen molar-refractivity contribution in [2.75, 3.05) is 0 Å². The first-order chi connectivity index (χ1) is 8.24. The number of benzene rings is 1. The molecule has 96 valence electrons. The van der Waals surface area contributed by atoms with E-state index in [2.05, 4.69) is 38.4 Å². The van der Waals surface area contributed by atoms with E-state index in [0.29, 0.717) is 18.6 Å². The Labute approximate surface area is 105 Å². The lowest BCUT2D eigenvalue weighted by Crippen LogP contribution is -2.33. The van der Waals surface area contributed by atoms with Gasteiger partial charge in [0.15, 0.2) is 0 Å². The minimum atomic E-state index is 0.457. The summed E-state index contributed by atoms with van der Waals surface area (Å²) in [6, 6.07) is 10.7. The van der Waals surface area contributed by atoms with E-state index in [9.17, 15) is 0 Å². The predicted octanol–water partition coefficient (Wildman–Crippen LogP) is 3.92. The quantitative estimate of drug-likeness (QED) is 0.689. The second-order valence-corrected chi connectivity index (χ2v) is 4.88. The molecule has 0 aromatic heterocycles. The topological polar surface area (TPSA) is 21.3 Å². The maximum atomic E-state index is 5.59. The first-order valence-electron chi connectivity index (χ1n) is 6.65. The summed E-state index contributed by atoms with van der Waals surface area (Å²) in [5, 5.41) is 0. The van der Waals surface area contributed by atoms with Crippen molar-refractivity contribution in [2.45, 2.75) is 52.7 Å². The molecular weight excluding hydrogens is 210 g/mol. The first kappa shape index (κ1) is 14.2. The van der Waals surface area contributed by atoms with Crippen molar-refractivity contribution in [2.24, 2.45) is 5.92 Å². The van der Waals surface area contributed by atoms with E-state index in [-0.39, 0.29) is 0 Å². The van der Waals surface area contributed by atoms with E-state index in [0.717, 1.165) is 0 Å². The Hall–Kier alpha value is -0.860. The fourth-order valence-electron chi connectivity index (χ4n) is 1.76. The maximum absolute atomic E-state index is 5.59. The van der Waals surface area contributed by atoms with Crippen molar-refractivity contribution in [3.8, 4) is 0 Å². The molecule has 0 saturated carbocycles. The van der Waals surface area contributed by atoms with Crippen molar-refractivity contribution >= 4 is 0 Å². The molecule has 1 N–H and O–H groups in total. The molecule has 0 spiro atoms. The van der Waals surface area contributed by atoms with E-state index in [1.54, 1.807) is 0 Å². The lowest BCUT2D eigenvalue weighted by molar-refractivity contribution is -0.00952. The highest BCUT2D eigenvalue weighted by atomic mass is 16.6. The second kappa shape index (κ2) is 8.26. The van der Waals surface area contributed by atoms with Gasteiger partial charge in [0.25, 0.3) is 0 Å². The van der Waals surface area contributed by atoms with Crippen LogP contribution in [0, 0.1) is 5.92 Å². The Morgan fingerprint density at radius 3 is 2.47 bits per heavy atom. The van der Waals surface area contributed by atoms with E-state index in [1.165, 1.54) is 24.8 Å². The standard InChI is InChI=1S/C15H25NO/c1-4-5-11-15(13(2)3)16-17-12-14-9-7-6-8-10-14/h6-10,13,15-16H,4-5,11-12H2,1-3H3. The van der Waals surface area contributed by atoms with E-state index < -0.39 is 0 Å². The monoisotopic (exact) mass is 235 g/mol. The summed E-state index contributed by atoms with van der Waals surface area (Å²) in [4.78, 5) is 5.59. The maximum Gasteiger partial charge on any atom is 0.0933 e. The number of hydrogen-bond acceptors (Lipinski definition) is 2. The van der Waals surface area contributed by atoms with E-state index >= 15 is 0 Å². The molecule has 2 heteroatoms. The number of rotatable bonds is 8. The van der Waals surface area contributed by atoms with Gasteiger partial charge in [-0.05, 0) is 17.9 Å². The number of unbranched alkanes of at least 4 members (excludes halogenated alkanes) is 1. The fraction of sp³-hybridized carbons (Fsp3) is 0.600. The van der Waals surface area contributed by atoms with Crippen LogP contribution in [-0.4, -0.2) is 6.04 Å². The van der Waals surface area contributed by atoms with Crippen LogP contribution in [0.25, 0.3) is 0 Å². The summed E-state index contributed by atoms with van der Waals surface area (Å²) >= 11 is 0. The summed E-state index contributed by atoms with van der Waals surface area (Å²) in [5.41, 5.74) is 4.41. The molecule has 0 saturated heterocycles. The summed E-state index contributed by atoms with van der Waals surface area (Å²) in [6.45, 7) is 7.33. The Balaban J connectivity index is 2.27. The van der Waals surface area contributed by atoms with Gasteiger partial charge in [-0.15, -0.1) is 0 Å². The van der Waals surface area contributed by atoms with Crippen LogP contribution in [0.5, 0.6) is 0 Å². The first-order valence-corrected chi connectivity index (χ1v) is 6.65. The highest BCUT2D eigenvalue weighted by Gasteiger charge is 2.12. The summed E-state index contributed by atoms with van der Waals surface area (Å²) < 4.78 is 0. The van der Waals surface area contributed by atoms with Crippen molar-refractivity contribution < 1.29 is 4.84 Å². The lowest BCUT2D eigenvalue weighted by Gasteiger charge is -2.21. The molecular formula is C15H25NO. The Morgan fingerprint density at radius 2 is 1.88 bits per heavy atom.